The number of ether oxygens (including phenoxy) is 1. The van der Waals surface area contributed by atoms with E-state index in [0.29, 0.717) is 0 Å². The maximum absolute atomic E-state index is 5.29. The summed E-state index contributed by atoms with van der Waals surface area (Å²) in [5, 5.41) is 0. The zero-order valence-electron chi connectivity index (χ0n) is 13.3. The molecule has 0 amide bonds. The Labute approximate surface area is 138 Å². The van der Waals surface area contributed by atoms with Crippen molar-refractivity contribution in [2.24, 2.45) is 0 Å². The molecule has 0 bridgehead atoms. The average Bonchev–Trinajstić information content (AvgIpc) is 3.11. The van der Waals surface area contributed by atoms with Crippen LogP contribution in [-0.4, -0.2) is 30.6 Å². The molecule has 5 heteroatoms. The molecule has 116 valence electrons. The second-order valence-electron chi connectivity index (χ2n) is 5.66. The van der Waals surface area contributed by atoms with Crippen molar-refractivity contribution >= 4 is 32.2 Å². The lowest BCUT2D eigenvalue weighted by molar-refractivity contribution is 0.415. The molecule has 0 spiro atoms. The number of aromatic nitrogens is 2. The van der Waals surface area contributed by atoms with E-state index in [2.05, 4.69) is 51.9 Å². The quantitative estimate of drug-likeness (QED) is 0.563. The second kappa shape index (κ2) is 5.28. The van der Waals surface area contributed by atoms with Crippen LogP contribution in [-0.2, 0) is 0 Å². The highest BCUT2D eigenvalue weighted by atomic mass is 32.1. The number of anilines is 1. The van der Waals surface area contributed by atoms with Crippen molar-refractivity contribution in [2.75, 3.05) is 26.1 Å². The molecule has 0 saturated carbocycles. The van der Waals surface area contributed by atoms with Gasteiger partial charge < -0.3 is 9.64 Å². The summed E-state index contributed by atoms with van der Waals surface area (Å²) in [5.41, 5.74) is 4.48. The van der Waals surface area contributed by atoms with Gasteiger partial charge in [0.2, 0.25) is 0 Å². The molecule has 4 nitrogen and oxygen atoms in total. The largest absolute Gasteiger partial charge is 0.497 e. The first-order chi connectivity index (χ1) is 11.2. The molecule has 2 aromatic carbocycles. The molecule has 0 aliphatic heterocycles. The third-order valence-electron chi connectivity index (χ3n) is 3.98. The lowest BCUT2D eigenvalue weighted by Crippen LogP contribution is -2.07. The Balaban J connectivity index is 1.79. The number of hydrogen-bond acceptors (Lipinski definition) is 4. The van der Waals surface area contributed by atoms with E-state index in [-0.39, 0.29) is 0 Å². The van der Waals surface area contributed by atoms with Gasteiger partial charge in [0.1, 0.15) is 5.75 Å². The minimum Gasteiger partial charge on any atom is -0.497 e. The molecule has 2 heterocycles. The van der Waals surface area contributed by atoms with Crippen molar-refractivity contribution in [3.8, 4) is 17.0 Å². The third-order valence-corrected chi connectivity index (χ3v) is 5.00. The predicted molar refractivity (Wildman–Crippen MR) is 96.9 cm³/mol. The Kier molecular flexibility index (Phi) is 3.23. The van der Waals surface area contributed by atoms with E-state index in [1.54, 1.807) is 18.4 Å². The Morgan fingerprint density at radius 3 is 2.57 bits per heavy atom. The van der Waals surface area contributed by atoms with Crippen molar-refractivity contribution < 1.29 is 4.74 Å². The lowest BCUT2D eigenvalue weighted by atomic mass is 10.1. The van der Waals surface area contributed by atoms with E-state index < -0.39 is 0 Å². The fourth-order valence-electron chi connectivity index (χ4n) is 2.68. The number of fused-ring (bicyclic) bond motifs is 3. The Hall–Kier alpha value is -2.53. The molecule has 0 radical (unpaired) electrons. The summed E-state index contributed by atoms with van der Waals surface area (Å²) in [4.78, 5) is 7.87. The highest BCUT2D eigenvalue weighted by Crippen LogP contribution is 2.32. The number of rotatable bonds is 3. The van der Waals surface area contributed by atoms with Crippen molar-refractivity contribution in [3.05, 3.63) is 48.7 Å². The first-order valence-electron chi connectivity index (χ1n) is 7.39. The van der Waals surface area contributed by atoms with Crippen LogP contribution in [0.25, 0.3) is 26.4 Å². The molecular formula is C18H17N3OS. The van der Waals surface area contributed by atoms with Gasteiger partial charge in [-0.3, -0.25) is 4.40 Å². The van der Waals surface area contributed by atoms with Crippen LogP contribution in [0.4, 0.5) is 5.69 Å². The molecule has 0 atom stereocenters. The molecule has 4 rings (SSSR count). The van der Waals surface area contributed by atoms with Gasteiger partial charge in [-0.05, 0) is 30.3 Å². The van der Waals surface area contributed by atoms with Crippen LogP contribution in [0.3, 0.4) is 0 Å². The van der Waals surface area contributed by atoms with E-state index in [1.807, 2.05) is 20.2 Å². The summed E-state index contributed by atoms with van der Waals surface area (Å²) >= 11 is 1.68. The van der Waals surface area contributed by atoms with Crippen LogP contribution in [0.15, 0.2) is 48.7 Å². The fraction of sp³-hybridized carbons (Fsp3) is 0.167. The van der Waals surface area contributed by atoms with Gasteiger partial charge >= 0.3 is 0 Å². The van der Waals surface area contributed by atoms with Gasteiger partial charge in [-0.25, -0.2) is 4.98 Å². The molecule has 0 unspecified atom stereocenters. The van der Waals surface area contributed by atoms with Gasteiger partial charge in [0.25, 0.3) is 0 Å². The summed E-state index contributed by atoms with van der Waals surface area (Å²) in [7, 11) is 5.78. The van der Waals surface area contributed by atoms with Gasteiger partial charge in [-0.2, -0.15) is 0 Å². The standard InChI is InChI=1S/C18H17N3OS/c1-20(2)13-6-4-12(5-7-13)15-11-21-16-9-8-14(22-3)10-17(16)23-18(21)19-15/h4-11H,1-3H3/i3-1. The zero-order valence-corrected chi connectivity index (χ0v) is 14.1. The molecule has 0 fully saturated rings. The highest BCUT2D eigenvalue weighted by molar-refractivity contribution is 7.23. The summed E-state index contributed by atoms with van der Waals surface area (Å²) in [5.74, 6) is 0.876. The van der Waals surface area contributed by atoms with Crippen LogP contribution in [0, 0.1) is 0 Å². The second-order valence-corrected chi connectivity index (χ2v) is 6.66. The number of benzene rings is 2. The maximum atomic E-state index is 5.29. The predicted octanol–water partition coefficient (Wildman–Crippen LogP) is 4.29. The number of hydrogen-bond donors (Lipinski definition) is 0. The smallest absolute Gasteiger partial charge is 0.195 e. The van der Waals surface area contributed by atoms with Crippen molar-refractivity contribution in [3.63, 3.8) is 0 Å². The van der Waals surface area contributed by atoms with Crippen LogP contribution < -0.4 is 9.64 Å². The van der Waals surface area contributed by atoms with E-state index >= 15 is 0 Å². The summed E-state index contributed by atoms with van der Waals surface area (Å²) < 4.78 is 8.62. The molecule has 0 aliphatic carbocycles. The van der Waals surface area contributed by atoms with Gasteiger partial charge in [0.05, 0.1) is 23.0 Å². The van der Waals surface area contributed by atoms with E-state index in [9.17, 15) is 0 Å². The SMILES string of the molecule is CN(C)c1ccc(-c2cn3c(n2)sc2cc(O[11CH3])ccc23)cc1. The zero-order chi connectivity index (χ0) is 16.0. The molecule has 4 aromatic rings. The van der Waals surface area contributed by atoms with Crippen molar-refractivity contribution in [2.45, 2.75) is 0 Å². The van der Waals surface area contributed by atoms with E-state index in [0.717, 1.165) is 27.5 Å². The van der Waals surface area contributed by atoms with Crippen LogP contribution in [0.2, 0.25) is 0 Å². The highest BCUT2D eigenvalue weighted by Gasteiger charge is 2.11. The summed E-state index contributed by atoms with van der Waals surface area (Å²) in [6, 6.07) is 14.6. The topological polar surface area (TPSA) is 29.8 Å². The normalized spacial score (nSPS) is 11.3. The minimum absolute atomic E-state index is 0.876. The van der Waals surface area contributed by atoms with Gasteiger partial charge in [-0.15, -0.1) is 0 Å². The minimum atomic E-state index is 0.876. The molecule has 0 saturated heterocycles. The summed E-state index contributed by atoms with van der Waals surface area (Å²) in [6.07, 6.45) is 2.10. The molecule has 23 heavy (non-hydrogen) atoms. The first kappa shape index (κ1) is 14.1. The average molecular weight is 322 g/mol. The van der Waals surface area contributed by atoms with Crippen molar-refractivity contribution in [1.29, 1.82) is 0 Å². The van der Waals surface area contributed by atoms with Gasteiger partial charge in [-0.1, -0.05) is 23.5 Å². The maximum Gasteiger partial charge on any atom is 0.195 e. The number of nitrogens with zero attached hydrogens (tertiary/aromatic N) is 3. The van der Waals surface area contributed by atoms with E-state index in [4.69, 9.17) is 9.72 Å². The molecule has 2 aromatic heterocycles. The lowest BCUT2D eigenvalue weighted by Gasteiger charge is -2.12. The van der Waals surface area contributed by atoms with Gasteiger partial charge in [0, 0.05) is 31.5 Å². The Morgan fingerprint density at radius 1 is 1.09 bits per heavy atom. The fourth-order valence-corrected chi connectivity index (χ4v) is 3.71. The first-order valence-corrected chi connectivity index (χ1v) is 8.21. The number of methoxy groups -OCH3 is 1. The third kappa shape index (κ3) is 2.33. The van der Waals surface area contributed by atoms with E-state index in [1.165, 1.54) is 10.4 Å². The Bertz CT molecular complexity index is 983. The van der Waals surface area contributed by atoms with Crippen molar-refractivity contribution in [1.82, 2.24) is 9.38 Å². The number of imidazole rings is 1. The van der Waals surface area contributed by atoms with Crippen LogP contribution in [0.5, 0.6) is 5.75 Å². The van der Waals surface area contributed by atoms with Gasteiger partial charge in [0.15, 0.2) is 4.96 Å². The molecule has 0 aliphatic rings. The molecule has 0 N–H and O–H groups in total. The molecular weight excluding hydrogens is 305 g/mol. The van der Waals surface area contributed by atoms with Crippen LogP contribution >= 0.6 is 11.3 Å². The van der Waals surface area contributed by atoms with Crippen LogP contribution in [0.1, 0.15) is 0 Å². The number of thiazole rings is 1. The summed E-state index contributed by atoms with van der Waals surface area (Å²) in [6.45, 7) is 0. The Morgan fingerprint density at radius 2 is 1.87 bits per heavy atom. The monoisotopic (exact) mass is 322 g/mol.